The van der Waals surface area contributed by atoms with E-state index in [9.17, 15) is 13.6 Å². The van der Waals surface area contributed by atoms with Crippen LogP contribution in [0.5, 0.6) is 0 Å². The Kier molecular flexibility index (Phi) is 4.20. The normalized spacial score (nSPS) is 10.6. The van der Waals surface area contributed by atoms with Crippen LogP contribution in [0.15, 0.2) is 59.2 Å². The molecule has 0 aliphatic heterocycles. The Morgan fingerprint density at radius 1 is 1.09 bits per heavy atom. The van der Waals surface area contributed by atoms with Crippen LogP contribution < -0.4 is 5.32 Å². The lowest BCUT2D eigenvalue weighted by molar-refractivity contribution is 0.102. The zero-order valence-corrected chi connectivity index (χ0v) is 13.2. The highest BCUT2D eigenvalue weighted by molar-refractivity contribution is 9.10. The highest BCUT2D eigenvalue weighted by Crippen LogP contribution is 2.20. The average Bonchev–Trinajstić information content (AvgIpc) is 3.02. The van der Waals surface area contributed by atoms with E-state index in [2.05, 4.69) is 26.3 Å². The van der Waals surface area contributed by atoms with Crippen molar-refractivity contribution in [2.45, 2.75) is 0 Å². The number of nitrogens with zero attached hydrogens (tertiary/aromatic N) is 2. The minimum Gasteiger partial charge on any atom is -0.318 e. The quantitative estimate of drug-likeness (QED) is 0.744. The number of hydrogen-bond acceptors (Lipinski definition) is 2. The summed E-state index contributed by atoms with van der Waals surface area (Å²) >= 11 is 3.21. The molecule has 4 nitrogen and oxygen atoms in total. The number of carbonyl (C=O) groups is 1. The van der Waals surface area contributed by atoms with Crippen LogP contribution in [0.4, 0.5) is 14.5 Å². The van der Waals surface area contributed by atoms with E-state index in [4.69, 9.17) is 0 Å². The third kappa shape index (κ3) is 3.45. The van der Waals surface area contributed by atoms with E-state index in [1.165, 1.54) is 53.2 Å². The number of halogens is 3. The van der Waals surface area contributed by atoms with Crippen LogP contribution in [-0.4, -0.2) is 15.7 Å². The van der Waals surface area contributed by atoms with Crippen molar-refractivity contribution < 1.29 is 13.6 Å². The lowest BCUT2D eigenvalue weighted by Crippen LogP contribution is -2.14. The zero-order chi connectivity index (χ0) is 16.4. The fraction of sp³-hybridized carbons (Fsp3) is 0. The van der Waals surface area contributed by atoms with Gasteiger partial charge in [0.05, 0.1) is 11.4 Å². The summed E-state index contributed by atoms with van der Waals surface area (Å²) in [5.41, 5.74) is 0.786. The van der Waals surface area contributed by atoms with Gasteiger partial charge in [0, 0.05) is 10.7 Å². The van der Waals surface area contributed by atoms with Crippen LogP contribution >= 0.6 is 15.9 Å². The third-order valence-electron chi connectivity index (χ3n) is 3.09. The number of hydrogen-bond donors (Lipinski definition) is 1. The van der Waals surface area contributed by atoms with Gasteiger partial charge in [0.2, 0.25) is 0 Å². The van der Waals surface area contributed by atoms with Crippen LogP contribution in [0.1, 0.15) is 10.5 Å². The van der Waals surface area contributed by atoms with E-state index in [-0.39, 0.29) is 17.2 Å². The summed E-state index contributed by atoms with van der Waals surface area (Å²) in [5, 5.41) is 6.57. The third-order valence-corrected chi connectivity index (χ3v) is 3.58. The Hall–Kier alpha value is -2.54. The van der Waals surface area contributed by atoms with Crippen molar-refractivity contribution in [3.63, 3.8) is 0 Å². The first-order valence-electron chi connectivity index (χ1n) is 6.61. The largest absolute Gasteiger partial charge is 0.318 e. The molecule has 0 spiro atoms. The van der Waals surface area contributed by atoms with Gasteiger partial charge in [0.15, 0.2) is 5.69 Å². The SMILES string of the molecule is O=C(Nc1cc(Br)ccc1F)c1ccn(-c2ccc(F)cc2)n1. The monoisotopic (exact) mass is 377 g/mol. The molecule has 116 valence electrons. The number of nitrogens with one attached hydrogen (secondary N) is 1. The fourth-order valence-corrected chi connectivity index (χ4v) is 2.32. The van der Waals surface area contributed by atoms with Gasteiger partial charge in [-0.15, -0.1) is 0 Å². The van der Waals surface area contributed by atoms with E-state index in [1.54, 1.807) is 6.20 Å². The minimum atomic E-state index is -0.542. The molecule has 0 fully saturated rings. The smallest absolute Gasteiger partial charge is 0.276 e. The molecule has 7 heteroatoms. The van der Waals surface area contributed by atoms with Crippen molar-refractivity contribution in [2.24, 2.45) is 0 Å². The second-order valence-electron chi connectivity index (χ2n) is 4.70. The summed E-state index contributed by atoms with van der Waals surface area (Å²) in [6.07, 6.45) is 1.57. The molecule has 1 aromatic heterocycles. The van der Waals surface area contributed by atoms with Crippen molar-refractivity contribution >= 4 is 27.5 Å². The Balaban J connectivity index is 1.81. The van der Waals surface area contributed by atoms with Crippen molar-refractivity contribution in [1.29, 1.82) is 0 Å². The van der Waals surface area contributed by atoms with Crippen LogP contribution in [0, 0.1) is 11.6 Å². The summed E-state index contributed by atoms with van der Waals surface area (Å²) < 4.78 is 28.7. The zero-order valence-electron chi connectivity index (χ0n) is 11.6. The van der Waals surface area contributed by atoms with E-state index in [1.807, 2.05) is 0 Å². The molecule has 0 unspecified atom stereocenters. The molecule has 0 saturated heterocycles. The topological polar surface area (TPSA) is 46.9 Å². The van der Waals surface area contributed by atoms with Gasteiger partial charge in [-0.25, -0.2) is 13.5 Å². The van der Waals surface area contributed by atoms with Gasteiger partial charge >= 0.3 is 0 Å². The molecule has 0 bridgehead atoms. The van der Waals surface area contributed by atoms with Crippen LogP contribution in [0.25, 0.3) is 5.69 Å². The Bertz CT molecular complexity index is 862. The lowest BCUT2D eigenvalue weighted by Gasteiger charge is -2.05. The van der Waals surface area contributed by atoms with Gasteiger partial charge in [0.1, 0.15) is 11.6 Å². The molecular formula is C16H10BrF2N3O. The summed E-state index contributed by atoms with van der Waals surface area (Å²) in [5.74, 6) is -1.44. The number of benzene rings is 2. The van der Waals surface area contributed by atoms with E-state index in [0.717, 1.165) is 0 Å². The molecule has 2 aromatic carbocycles. The molecule has 23 heavy (non-hydrogen) atoms. The van der Waals surface area contributed by atoms with E-state index in [0.29, 0.717) is 10.2 Å². The molecule has 1 N–H and O–H groups in total. The van der Waals surface area contributed by atoms with Crippen molar-refractivity contribution in [3.8, 4) is 5.69 Å². The van der Waals surface area contributed by atoms with Gasteiger partial charge in [-0.1, -0.05) is 15.9 Å². The molecule has 0 radical (unpaired) electrons. The molecule has 0 aliphatic carbocycles. The molecular weight excluding hydrogens is 368 g/mol. The van der Waals surface area contributed by atoms with Crippen LogP contribution in [-0.2, 0) is 0 Å². The highest BCUT2D eigenvalue weighted by Gasteiger charge is 2.13. The second kappa shape index (κ2) is 6.29. The Morgan fingerprint density at radius 3 is 2.57 bits per heavy atom. The molecule has 3 aromatic rings. The fourth-order valence-electron chi connectivity index (χ4n) is 1.96. The van der Waals surface area contributed by atoms with Crippen molar-refractivity contribution in [2.75, 3.05) is 5.32 Å². The maximum atomic E-state index is 13.7. The first-order valence-corrected chi connectivity index (χ1v) is 7.40. The van der Waals surface area contributed by atoms with E-state index >= 15 is 0 Å². The molecule has 3 rings (SSSR count). The Labute approximate surface area is 138 Å². The number of anilines is 1. The number of aromatic nitrogens is 2. The molecule has 0 atom stereocenters. The van der Waals surface area contributed by atoms with Gasteiger partial charge in [-0.3, -0.25) is 4.79 Å². The predicted octanol–water partition coefficient (Wildman–Crippen LogP) is 4.17. The number of rotatable bonds is 3. The lowest BCUT2D eigenvalue weighted by atomic mass is 10.3. The first kappa shape index (κ1) is 15.4. The standard InChI is InChI=1S/C16H10BrF2N3O/c17-10-1-6-13(19)15(9-10)20-16(23)14-7-8-22(21-14)12-4-2-11(18)3-5-12/h1-9H,(H,20,23). The van der Waals surface area contributed by atoms with Crippen molar-refractivity contribution in [1.82, 2.24) is 9.78 Å². The second-order valence-corrected chi connectivity index (χ2v) is 5.62. The molecule has 1 heterocycles. The summed E-state index contributed by atoms with van der Waals surface area (Å²) in [4.78, 5) is 12.1. The minimum absolute atomic E-state index is 0.0562. The van der Waals surface area contributed by atoms with Crippen LogP contribution in [0.2, 0.25) is 0 Å². The molecule has 0 aliphatic rings. The first-order chi connectivity index (χ1) is 11.0. The maximum Gasteiger partial charge on any atom is 0.276 e. The van der Waals surface area contributed by atoms with Gasteiger partial charge in [-0.05, 0) is 48.5 Å². The Morgan fingerprint density at radius 2 is 1.83 bits per heavy atom. The van der Waals surface area contributed by atoms with E-state index < -0.39 is 11.7 Å². The van der Waals surface area contributed by atoms with Crippen LogP contribution in [0.3, 0.4) is 0 Å². The highest BCUT2D eigenvalue weighted by atomic mass is 79.9. The maximum absolute atomic E-state index is 13.7. The number of carbonyl (C=O) groups excluding carboxylic acids is 1. The average molecular weight is 378 g/mol. The predicted molar refractivity (Wildman–Crippen MR) is 85.6 cm³/mol. The van der Waals surface area contributed by atoms with Crippen molar-refractivity contribution in [3.05, 3.63) is 76.5 Å². The summed E-state index contributed by atoms with van der Waals surface area (Å²) in [6, 6.07) is 11.4. The van der Waals surface area contributed by atoms with Gasteiger partial charge < -0.3 is 5.32 Å². The summed E-state index contributed by atoms with van der Waals surface area (Å²) in [6.45, 7) is 0. The molecule has 1 amide bonds. The van der Waals surface area contributed by atoms with Gasteiger partial charge in [0.25, 0.3) is 5.91 Å². The molecule has 0 saturated carbocycles. The summed E-state index contributed by atoms with van der Waals surface area (Å²) in [7, 11) is 0. The number of amides is 1. The van der Waals surface area contributed by atoms with Gasteiger partial charge in [-0.2, -0.15) is 5.10 Å².